The normalized spacial score (nSPS) is 15.2. The SMILES string of the molecule is C/C(C=O)=C\[C@@H](C)[C@H](O)COCc1ccccc1. The van der Waals surface area contributed by atoms with Crippen LogP contribution in [0.2, 0.25) is 0 Å². The van der Waals surface area contributed by atoms with Gasteiger partial charge in [-0.2, -0.15) is 0 Å². The number of rotatable bonds is 7. The number of aliphatic hydroxyl groups excluding tert-OH is 1. The molecule has 0 unspecified atom stereocenters. The number of benzene rings is 1. The summed E-state index contributed by atoms with van der Waals surface area (Å²) in [4.78, 5) is 10.5. The summed E-state index contributed by atoms with van der Waals surface area (Å²) in [6.07, 6.45) is 1.95. The van der Waals surface area contributed by atoms with E-state index in [1.807, 2.05) is 37.3 Å². The van der Waals surface area contributed by atoms with Crippen LogP contribution >= 0.6 is 0 Å². The van der Waals surface area contributed by atoms with Gasteiger partial charge < -0.3 is 9.84 Å². The van der Waals surface area contributed by atoms with E-state index in [-0.39, 0.29) is 12.5 Å². The van der Waals surface area contributed by atoms with Crippen LogP contribution in [0, 0.1) is 5.92 Å². The first-order chi connectivity index (χ1) is 8.63. The molecule has 1 rings (SSSR count). The van der Waals surface area contributed by atoms with Gasteiger partial charge in [-0.3, -0.25) is 4.79 Å². The zero-order chi connectivity index (χ0) is 13.4. The number of carbonyl (C=O) groups is 1. The zero-order valence-corrected chi connectivity index (χ0v) is 10.9. The van der Waals surface area contributed by atoms with E-state index in [1.165, 1.54) is 0 Å². The lowest BCUT2D eigenvalue weighted by Crippen LogP contribution is -2.22. The van der Waals surface area contributed by atoms with Crippen molar-refractivity contribution in [3.8, 4) is 0 Å². The van der Waals surface area contributed by atoms with Gasteiger partial charge in [-0.25, -0.2) is 0 Å². The Balaban J connectivity index is 2.33. The molecule has 1 N–H and O–H groups in total. The van der Waals surface area contributed by atoms with Crippen LogP contribution in [0.5, 0.6) is 0 Å². The van der Waals surface area contributed by atoms with Gasteiger partial charge in [-0.1, -0.05) is 43.3 Å². The Morgan fingerprint density at radius 2 is 2.06 bits per heavy atom. The van der Waals surface area contributed by atoms with Crippen LogP contribution in [0.1, 0.15) is 19.4 Å². The van der Waals surface area contributed by atoms with Crippen molar-refractivity contribution in [2.24, 2.45) is 5.92 Å². The molecule has 3 nitrogen and oxygen atoms in total. The second-order valence-electron chi connectivity index (χ2n) is 4.46. The molecule has 1 aromatic carbocycles. The number of allylic oxidation sites excluding steroid dienone is 1. The molecule has 0 spiro atoms. The Kier molecular flexibility index (Phi) is 6.33. The predicted octanol–water partition coefficient (Wildman–Crippen LogP) is 2.35. The molecule has 0 saturated heterocycles. The molecule has 0 amide bonds. The van der Waals surface area contributed by atoms with Crippen molar-refractivity contribution in [1.82, 2.24) is 0 Å². The van der Waals surface area contributed by atoms with Gasteiger partial charge in [0.1, 0.15) is 6.29 Å². The Bertz CT molecular complexity index is 384. The smallest absolute Gasteiger partial charge is 0.145 e. The van der Waals surface area contributed by atoms with E-state index in [1.54, 1.807) is 13.0 Å². The van der Waals surface area contributed by atoms with E-state index in [0.717, 1.165) is 11.8 Å². The molecule has 2 atom stereocenters. The lowest BCUT2D eigenvalue weighted by atomic mass is 10.0. The van der Waals surface area contributed by atoms with Gasteiger partial charge in [0.25, 0.3) is 0 Å². The van der Waals surface area contributed by atoms with Crippen molar-refractivity contribution in [2.45, 2.75) is 26.6 Å². The second-order valence-corrected chi connectivity index (χ2v) is 4.46. The molecular weight excluding hydrogens is 228 g/mol. The lowest BCUT2D eigenvalue weighted by molar-refractivity contribution is -0.104. The van der Waals surface area contributed by atoms with E-state index < -0.39 is 6.10 Å². The van der Waals surface area contributed by atoms with Gasteiger partial charge in [0, 0.05) is 5.92 Å². The van der Waals surface area contributed by atoms with Crippen LogP contribution in [0.4, 0.5) is 0 Å². The second kappa shape index (κ2) is 7.80. The summed E-state index contributed by atoms with van der Waals surface area (Å²) in [7, 11) is 0. The van der Waals surface area contributed by atoms with Crippen LogP contribution in [0.3, 0.4) is 0 Å². The molecule has 0 aliphatic carbocycles. The van der Waals surface area contributed by atoms with Crippen LogP contribution < -0.4 is 0 Å². The predicted molar refractivity (Wildman–Crippen MR) is 71.1 cm³/mol. The molecule has 0 aromatic heterocycles. The summed E-state index contributed by atoms with van der Waals surface area (Å²) in [5, 5.41) is 9.85. The maximum absolute atomic E-state index is 10.5. The Labute approximate surface area is 108 Å². The average Bonchev–Trinajstić information content (AvgIpc) is 2.39. The summed E-state index contributed by atoms with van der Waals surface area (Å²) in [6.45, 7) is 4.34. The Morgan fingerprint density at radius 3 is 2.67 bits per heavy atom. The van der Waals surface area contributed by atoms with E-state index in [0.29, 0.717) is 12.2 Å². The molecule has 0 heterocycles. The molecule has 98 valence electrons. The van der Waals surface area contributed by atoms with Crippen LogP contribution in [0.25, 0.3) is 0 Å². The zero-order valence-electron chi connectivity index (χ0n) is 10.9. The molecule has 0 saturated carbocycles. The Morgan fingerprint density at radius 1 is 1.39 bits per heavy atom. The first kappa shape index (κ1) is 14.6. The van der Waals surface area contributed by atoms with E-state index in [4.69, 9.17) is 4.74 Å². The topological polar surface area (TPSA) is 46.5 Å². The maximum Gasteiger partial charge on any atom is 0.145 e. The number of ether oxygens (including phenoxy) is 1. The summed E-state index contributed by atoms with van der Waals surface area (Å²) < 4.78 is 5.45. The van der Waals surface area contributed by atoms with Gasteiger partial charge in [0.05, 0.1) is 19.3 Å². The minimum Gasteiger partial charge on any atom is -0.390 e. The first-order valence-electron chi connectivity index (χ1n) is 6.07. The molecule has 18 heavy (non-hydrogen) atoms. The third kappa shape index (κ3) is 5.25. The number of carbonyl (C=O) groups excluding carboxylic acids is 1. The highest BCUT2D eigenvalue weighted by atomic mass is 16.5. The van der Waals surface area contributed by atoms with Gasteiger partial charge >= 0.3 is 0 Å². The van der Waals surface area contributed by atoms with Gasteiger partial charge in [0.15, 0.2) is 0 Å². The molecule has 0 fully saturated rings. The molecule has 0 aliphatic heterocycles. The fraction of sp³-hybridized carbons (Fsp3) is 0.400. The molecule has 3 heteroatoms. The summed E-state index contributed by atoms with van der Waals surface area (Å²) in [5.41, 5.74) is 1.71. The third-order valence-corrected chi connectivity index (χ3v) is 2.72. The average molecular weight is 248 g/mol. The number of hydrogen-bond acceptors (Lipinski definition) is 3. The van der Waals surface area contributed by atoms with Gasteiger partial charge in [0.2, 0.25) is 0 Å². The van der Waals surface area contributed by atoms with Crippen LogP contribution in [-0.2, 0) is 16.1 Å². The Hall–Kier alpha value is -1.45. The monoisotopic (exact) mass is 248 g/mol. The van der Waals surface area contributed by atoms with E-state index >= 15 is 0 Å². The molecule has 0 aliphatic rings. The van der Waals surface area contributed by atoms with Gasteiger partial charge in [-0.05, 0) is 18.1 Å². The summed E-state index contributed by atoms with van der Waals surface area (Å²) >= 11 is 0. The minimum absolute atomic E-state index is 0.0917. The minimum atomic E-state index is -0.594. The van der Waals surface area contributed by atoms with Gasteiger partial charge in [-0.15, -0.1) is 0 Å². The van der Waals surface area contributed by atoms with Crippen molar-refractivity contribution in [3.63, 3.8) is 0 Å². The van der Waals surface area contributed by atoms with Crippen molar-refractivity contribution >= 4 is 6.29 Å². The fourth-order valence-electron chi connectivity index (χ4n) is 1.59. The summed E-state index contributed by atoms with van der Waals surface area (Å²) in [6, 6.07) is 9.81. The molecule has 1 aromatic rings. The fourth-order valence-corrected chi connectivity index (χ4v) is 1.59. The largest absolute Gasteiger partial charge is 0.390 e. The number of aliphatic hydroxyl groups is 1. The lowest BCUT2D eigenvalue weighted by Gasteiger charge is -2.16. The van der Waals surface area contributed by atoms with E-state index in [9.17, 15) is 9.90 Å². The third-order valence-electron chi connectivity index (χ3n) is 2.72. The van der Waals surface area contributed by atoms with Crippen molar-refractivity contribution in [1.29, 1.82) is 0 Å². The molecule has 0 bridgehead atoms. The van der Waals surface area contributed by atoms with Crippen molar-refractivity contribution in [3.05, 3.63) is 47.5 Å². The highest BCUT2D eigenvalue weighted by Gasteiger charge is 2.12. The first-order valence-corrected chi connectivity index (χ1v) is 6.07. The van der Waals surface area contributed by atoms with Crippen LogP contribution in [0.15, 0.2) is 42.0 Å². The molecule has 0 radical (unpaired) electrons. The highest BCUT2D eigenvalue weighted by molar-refractivity contribution is 5.72. The molecular formula is C15H20O3. The van der Waals surface area contributed by atoms with E-state index in [2.05, 4.69) is 0 Å². The van der Waals surface area contributed by atoms with Crippen molar-refractivity contribution < 1.29 is 14.6 Å². The van der Waals surface area contributed by atoms with Crippen molar-refractivity contribution in [2.75, 3.05) is 6.61 Å². The number of aldehydes is 1. The summed E-state index contributed by atoms with van der Waals surface area (Å²) in [5.74, 6) is -0.0917. The van der Waals surface area contributed by atoms with Crippen LogP contribution in [-0.4, -0.2) is 24.1 Å². The highest BCUT2D eigenvalue weighted by Crippen LogP contribution is 2.09. The number of hydrogen-bond donors (Lipinski definition) is 1. The standard InChI is InChI=1S/C15H20O3/c1-12(9-16)8-13(2)15(17)11-18-10-14-6-4-3-5-7-14/h3-9,13,15,17H,10-11H2,1-2H3/b12-8+/t13-,15-/m1/s1. The maximum atomic E-state index is 10.5. The quantitative estimate of drug-likeness (QED) is 0.595.